The van der Waals surface area contributed by atoms with E-state index in [0.29, 0.717) is 12.1 Å². The maximum Gasteiger partial charge on any atom is 0.315 e. The number of urea groups is 1. The fourth-order valence-corrected chi connectivity index (χ4v) is 3.50. The minimum absolute atomic E-state index is 0.0270. The molecule has 0 spiro atoms. The summed E-state index contributed by atoms with van der Waals surface area (Å²) in [5.74, 6) is 0.861. The third-order valence-electron chi connectivity index (χ3n) is 5.19. The largest absolute Gasteiger partial charge is 0.337 e. The van der Waals surface area contributed by atoms with Crippen LogP contribution in [0.3, 0.4) is 0 Å². The Morgan fingerprint density at radius 2 is 1.71 bits per heavy atom. The summed E-state index contributed by atoms with van der Waals surface area (Å²) in [7, 11) is 0. The first kappa shape index (κ1) is 16.6. The van der Waals surface area contributed by atoms with Crippen LogP contribution in [0.25, 0.3) is 0 Å². The van der Waals surface area contributed by atoms with Gasteiger partial charge in [0.15, 0.2) is 0 Å². The van der Waals surface area contributed by atoms with Crippen LogP contribution in [0.4, 0.5) is 4.79 Å². The number of hydrogen-bond acceptors (Lipinski definition) is 2. The summed E-state index contributed by atoms with van der Waals surface area (Å²) in [5.41, 5.74) is 0. The van der Waals surface area contributed by atoms with Crippen molar-refractivity contribution in [2.75, 3.05) is 19.6 Å². The smallest absolute Gasteiger partial charge is 0.315 e. The van der Waals surface area contributed by atoms with E-state index in [1.165, 1.54) is 51.6 Å². The van der Waals surface area contributed by atoms with E-state index in [-0.39, 0.29) is 6.03 Å². The molecule has 2 N–H and O–H groups in total. The SMILES string of the molecule is CC1CCN([C@H](C)CNC(=O)NC2CCCCCC2)CC1. The zero-order chi connectivity index (χ0) is 15.1. The van der Waals surface area contributed by atoms with Crippen molar-refractivity contribution < 1.29 is 4.79 Å². The molecule has 2 fully saturated rings. The summed E-state index contributed by atoms with van der Waals surface area (Å²) < 4.78 is 0. The number of rotatable bonds is 4. The number of nitrogens with one attached hydrogen (secondary N) is 2. The topological polar surface area (TPSA) is 44.4 Å². The van der Waals surface area contributed by atoms with E-state index in [2.05, 4.69) is 29.4 Å². The van der Waals surface area contributed by atoms with Crippen molar-refractivity contribution in [1.29, 1.82) is 0 Å². The molecule has 0 aromatic heterocycles. The van der Waals surface area contributed by atoms with Gasteiger partial charge >= 0.3 is 6.03 Å². The van der Waals surface area contributed by atoms with Gasteiger partial charge in [-0.1, -0.05) is 32.6 Å². The van der Waals surface area contributed by atoms with Gasteiger partial charge < -0.3 is 10.6 Å². The summed E-state index contributed by atoms with van der Waals surface area (Å²) in [4.78, 5) is 14.5. The van der Waals surface area contributed by atoms with E-state index >= 15 is 0 Å². The Morgan fingerprint density at radius 1 is 1.10 bits per heavy atom. The molecule has 2 aliphatic rings. The molecule has 0 bridgehead atoms. The van der Waals surface area contributed by atoms with Crippen LogP contribution >= 0.6 is 0 Å². The first-order valence-corrected chi connectivity index (χ1v) is 8.93. The average molecular weight is 295 g/mol. The van der Waals surface area contributed by atoms with Gasteiger partial charge in [0.1, 0.15) is 0 Å². The highest BCUT2D eigenvalue weighted by atomic mass is 16.2. The van der Waals surface area contributed by atoms with Gasteiger partial charge in [0.25, 0.3) is 0 Å². The monoisotopic (exact) mass is 295 g/mol. The zero-order valence-corrected chi connectivity index (χ0v) is 13.9. The average Bonchev–Trinajstić information content (AvgIpc) is 2.74. The molecule has 4 heteroatoms. The number of piperidine rings is 1. The Balaban J connectivity index is 1.63. The molecular weight excluding hydrogens is 262 g/mol. The van der Waals surface area contributed by atoms with Crippen LogP contribution in [-0.4, -0.2) is 42.6 Å². The third kappa shape index (κ3) is 5.85. The van der Waals surface area contributed by atoms with Gasteiger partial charge in [-0.2, -0.15) is 0 Å². The molecule has 2 rings (SSSR count). The second-order valence-electron chi connectivity index (χ2n) is 7.11. The number of nitrogens with zero attached hydrogens (tertiary/aromatic N) is 1. The van der Waals surface area contributed by atoms with Crippen molar-refractivity contribution in [2.24, 2.45) is 5.92 Å². The highest BCUT2D eigenvalue weighted by molar-refractivity contribution is 5.74. The highest BCUT2D eigenvalue weighted by Crippen LogP contribution is 2.18. The molecule has 0 aromatic rings. The molecule has 1 saturated heterocycles. The van der Waals surface area contributed by atoms with E-state index in [9.17, 15) is 4.79 Å². The lowest BCUT2D eigenvalue weighted by Crippen LogP contribution is -2.49. The number of hydrogen-bond donors (Lipinski definition) is 2. The summed E-state index contributed by atoms with van der Waals surface area (Å²) in [5, 5.41) is 6.22. The number of carbonyl (C=O) groups is 1. The van der Waals surface area contributed by atoms with Crippen molar-refractivity contribution in [3.05, 3.63) is 0 Å². The highest BCUT2D eigenvalue weighted by Gasteiger charge is 2.21. The molecule has 21 heavy (non-hydrogen) atoms. The quantitative estimate of drug-likeness (QED) is 0.783. The second kappa shape index (κ2) is 8.62. The molecule has 1 aliphatic carbocycles. The zero-order valence-electron chi connectivity index (χ0n) is 13.9. The normalized spacial score (nSPS) is 24.3. The van der Waals surface area contributed by atoms with Crippen LogP contribution in [-0.2, 0) is 0 Å². The molecule has 0 aromatic carbocycles. The Morgan fingerprint density at radius 3 is 2.33 bits per heavy atom. The molecule has 2 amide bonds. The van der Waals surface area contributed by atoms with E-state index in [0.717, 1.165) is 25.3 Å². The number of likely N-dealkylation sites (tertiary alicyclic amines) is 1. The van der Waals surface area contributed by atoms with Gasteiger partial charge in [-0.05, 0) is 51.6 Å². The summed E-state index contributed by atoms with van der Waals surface area (Å²) >= 11 is 0. The molecule has 1 aliphatic heterocycles. The van der Waals surface area contributed by atoms with Crippen LogP contribution < -0.4 is 10.6 Å². The molecule has 0 radical (unpaired) electrons. The lowest BCUT2D eigenvalue weighted by Gasteiger charge is -2.35. The third-order valence-corrected chi connectivity index (χ3v) is 5.19. The van der Waals surface area contributed by atoms with Gasteiger partial charge in [-0.3, -0.25) is 4.90 Å². The molecule has 4 nitrogen and oxygen atoms in total. The molecule has 1 atom stereocenters. The maximum atomic E-state index is 12.0. The van der Waals surface area contributed by atoms with Crippen molar-refractivity contribution in [1.82, 2.24) is 15.5 Å². The van der Waals surface area contributed by atoms with Crippen LogP contribution in [0.2, 0.25) is 0 Å². The van der Waals surface area contributed by atoms with Gasteiger partial charge in [0.05, 0.1) is 0 Å². The van der Waals surface area contributed by atoms with Crippen molar-refractivity contribution >= 4 is 6.03 Å². The van der Waals surface area contributed by atoms with Crippen molar-refractivity contribution in [2.45, 2.75) is 77.3 Å². The number of carbonyl (C=O) groups excluding carboxylic acids is 1. The van der Waals surface area contributed by atoms with Crippen molar-refractivity contribution in [3.8, 4) is 0 Å². The Bertz CT molecular complexity index is 305. The van der Waals surface area contributed by atoms with Crippen LogP contribution in [0.15, 0.2) is 0 Å². The van der Waals surface area contributed by atoms with Gasteiger partial charge in [-0.25, -0.2) is 4.79 Å². The molecule has 0 unspecified atom stereocenters. The molecule has 1 saturated carbocycles. The molecule has 1 heterocycles. The fraction of sp³-hybridized carbons (Fsp3) is 0.941. The summed E-state index contributed by atoms with van der Waals surface area (Å²) in [6.07, 6.45) is 10.0. The minimum Gasteiger partial charge on any atom is -0.337 e. The Hall–Kier alpha value is -0.770. The predicted octanol–water partition coefficient (Wildman–Crippen LogP) is 3.13. The first-order chi connectivity index (χ1) is 10.1. The van der Waals surface area contributed by atoms with Crippen LogP contribution in [0.5, 0.6) is 0 Å². The Kier molecular flexibility index (Phi) is 6.81. The van der Waals surface area contributed by atoms with E-state index in [4.69, 9.17) is 0 Å². The summed E-state index contributed by atoms with van der Waals surface area (Å²) in [6.45, 7) is 7.66. The minimum atomic E-state index is 0.0270. The van der Waals surface area contributed by atoms with Gasteiger partial charge in [0, 0.05) is 18.6 Å². The van der Waals surface area contributed by atoms with Gasteiger partial charge in [0.2, 0.25) is 0 Å². The molecule has 122 valence electrons. The van der Waals surface area contributed by atoms with Gasteiger partial charge in [-0.15, -0.1) is 0 Å². The molecular formula is C17H33N3O. The maximum absolute atomic E-state index is 12.0. The summed E-state index contributed by atoms with van der Waals surface area (Å²) in [6, 6.07) is 0.857. The number of amides is 2. The fourth-order valence-electron chi connectivity index (χ4n) is 3.50. The standard InChI is InChI=1S/C17H33N3O/c1-14-9-11-20(12-10-14)15(2)13-18-17(21)19-16-7-5-3-4-6-8-16/h14-16H,3-13H2,1-2H3,(H2,18,19,21)/t15-/m1/s1. The lowest BCUT2D eigenvalue weighted by molar-refractivity contribution is 0.145. The first-order valence-electron chi connectivity index (χ1n) is 8.93. The van der Waals surface area contributed by atoms with E-state index in [1.54, 1.807) is 0 Å². The Labute approximate surface area is 130 Å². The second-order valence-corrected chi connectivity index (χ2v) is 7.11. The van der Waals surface area contributed by atoms with E-state index in [1.807, 2.05) is 0 Å². The lowest BCUT2D eigenvalue weighted by atomic mass is 9.98. The van der Waals surface area contributed by atoms with E-state index < -0.39 is 0 Å². The predicted molar refractivity (Wildman–Crippen MR) is 87.5 cm³/mol. The van der Waals surface area contributed by atoms with Crippen molar-refractivity contribution in [3.63, 3.8) is 0 Å². The van der Waals surface area contributed by atoms with Crippen LogP contribution in [0, 0.1) is 5.92 Å². The van der Waals surface area contributed by atoms with Crippen LogP contribution in [0.1, 0.15) is 65.2 Å².